The van der Waals surface area contributed by atoms with Crippen LogP contribution in [0.1, 0.15) is 23.2 Å². The summed E-state index contributed by atoms with van der Waals surface area (Å²) < 4.78 is 52.8. The molecule has 0 fully saturated rings. The minimum atomic E-state index is -4.75. The molecule has 6 nitrogen and oxygen atoms in total. The first-order valence-electron chi connectivity index (χ1n) is 8.49. The topological polar surface area (TPSA) is 100 Å². The summed E-state index contributed by atoms with van der Waals surface area (Å²) in [5.74, 6) is -2.13. The molecule has 0 aliphatic rings. The van der Waals surface area contributed by atoms with Gasteiger partial charge in [-0.1, -0.05) is 11.8 Å². The average molecular weight is 440 g/mol. The highest BCUT2D eigenvalue weighted by Crippen LogP contribution is 2.36. The van der Waals surface area contributed by atoms with Crippen LogP contribution < -0.4 is 10.6 Å². The molecule has 1 aromatic heterocycles. The van der Waals surface area contributed by atoms with Gasteiger partial charge in [-0.2, -0.15) is 18.4 Å². The van der Waals surface area contributed by atoms with Crippen LogP contribution >= 0.6 is 11.8 Å². The van der Waals surface area contributed by atoms with Gasteiger partial charge in [0, 0.05) is 24.3 Å². The molecule has 0 atom stereocenters. The highest BCUT2D eigenvalue weighted by Gasteiger charge is 2.35. The standard InChI is InChI=1S/C19H16F4N4O2S/c1-11-8-15(19(21,22)23)14(9-24)18(26-11)30-10-17(29)27(7-6-16(25)28)13-4-2-12(20)3-5-13/h2-5,8H,6-7,10H2,1H3,(H2,25,28). The van der Waals surface area contributed by atoms with Crippen LogP contribution in [0.15, 0.2) is 35.4 Å². The maximum Gasteiger partial charge on any atom is 0.417 e. The fraction of sp³-hybridized carbons (Fsp3) is 0.263. The van der Waals surface area contributed by atoms with E-state index in [0.29, 0.717) is 11.8 Å². The summed E-state index contributed by atoms with van der Waals surface area (Å²) in [4.78, 5) is 28.9. The number of alkyl halides is 3. The van der Waals surface area contributed by atoms with E-state index in [-0.39, 0.29) is 35.1 Å². The first-order valence-corrected chi connectivity index (χ1v) is 9.47. The number of primary amides is 1. The monoisotopic (exact) mass is 440 g/mol. The number of thioether (sulfide) groups is 1. The van der Waals surface area contributed by atoms with Crippen LogP contribution in [0, 0.1) is 24.1 Å². The molecular weight excluding hydrogens is 424 g/mol. The Bertz CT molecular complexity index is 988. The minimum Gasteiger partial charge on any atom is -0.370 e. The number of aryl methyl sites for hydroxylation is 1. The van der Waals surface area contributed by atoms with Crippen LogP contribution in [0.3, 0.4) is 0 Å². The van der Waals surface area contributed by atoms with Gasteiger partial charge >= 0.3 is 6.18 Å². The van der Waals surface area contributed by atoms with Crippen molar-refractivity contribution in [2.45, 2.75) is 24.5 Å². The molecule has 0 bridgehead atoms. The third kappa shape index (κ3) is 5.93. The average Bonchev–Trinajstić information content (AvgIpc) is 2.66. The van der Waals surface area contributed by atoms with Crippen LogP contribution in [-0.4, -0.2) is 29.1 Å². The molecule has 0 aliphatic heterocycles. The van der Waals surface area contributed by atoms with Crippen molar-refractivity contribution in [1.82, 2.24) is 4.98 Å². The van der Waals surface area contributed by atoms with E-state index in [4.69, 9.17) is 5.73 Å². The lowest BCUT2D eigenvalue weighted by atomic mass is 10.1. The van der Waals surface area contributed by atoms with Crippen molar-refractivity contribution >= 4 is 29.3 Å². The van der Waals surface area contributed by atoms with Crippen LogP contribution in [0.5, 0.6) is 0 Å². The summed E-state index contributed by atoms with van der Waals surface area (Å²) >= 11 is 0.670. The molecule has 0 saturated carbocycles. The van der Waals surface area contributed by atoms with E-state index in [1.54, 1.807) is 0 Å². The lowest BCUT2D eigenvalue weighted by Gasteiger charge is -2.22. The number of carbonyl (C=O) groups is 2. The van der Waals surface area contributed by atoms with Gasteiger partial charge in [0.25, 0.3) is 0 Å². The maximum absolute atomic E-state index is 13.2. The maximum atomic E-state index is 13.2. The molecule has 30 heavy (non-hydrogen) atoms. The Morgan fingerprint density at radius 1 is 1.27 bits per heavy atom. The number of hydrogen-bond donors (Lipinski definition) is 1. The number of aromatic nitrogens is 1. The van der Waals surface area contributed by atoms with Gasteiger partial charge in [0.05, 0.1) is 16.9 Å². The van der Waals surface area contributed by atoms with Crippen LogP contribution in [0.2, 0.25) is 0 Å². The number of nitrogens with zero attached hydrogens (tertiary/aromatic N) is 3. The number of rotatable bonds is 7. The fourth-order valence-electron chi connectivity index (χ4n) is 2.53. The molecule has 0 radical (unpaired) electrons. The van der Waals surface area contributed by atoms with E-state index in [2.05, 4.69) is 4.98 Å². The lowest BCUT2D eigenvalue weighted by Crippen LogP contribution is -2.35. The second-order valence-electron chi connectivity index (χ2n) is 6.13. The molecule has 2 aromatic rings. The van der Waals surface area contributed by atoms with Crippen molar-refractivity contribution in [2.75, 3.05) is 17.2 Å². The molecule has 158 valence electrons. The van der Waals surface area contributed by atoms with Crippen molar-refractivity contribution in [3.8, 4) is 6.07 Å². The highest BCUT2D eigenvalue weighted by molar-refractivity contribution is 8.00. The number of pyridine rings is 1. The molecule has 2 amide bonds. The van der Waals surface area contributed by atoms with E-state index in [1.807, 2.05) is 0 Å². The third-order valence-electron chi connectivity index (χ3n) is 3.89. The van der Waals surface area contributed by atoms with Crippen molar-refractivity contribution in [1.29, 1.82) is 5.26 Å². The number of halogens is 4. The van der Waals surface area contributed by atoms with Crippen molar-refractivity contribution in [3.63, 3.8) is 0 Å². The second kappa shape index (κ2) is 9.58. The van der Waals surface area contributed by atoms with Gasteiger partial charge in [-0.3, -0.25) is 9.59 Å². The van der Waals surface area contributed by atoms with Gasteiger partial charge in [-0.05, 0) is 37.3 Å². The first kappa shape index (κ1) is 23.2. The zero-order valence-electron chi connectivity index (χ0n) is 15.7. The van der Waals surface area contributed by atoms with Gasteiger partial charge in [-0.15, -0.1) is 0 Å². The number of nitriles is 1. The second-order valence-corrected chi connectivity index (χ2v) is 7.09. The molecule has 0 unspecified atom stereocenters. The molecule has 11 heteroatoms. The molecule has 2 rings (SSSR count). The van der Waals surface area contributed by atoms with Crippen LogP contribution in [0.25, 0.3) is 0 Å². The van der Waals surface area contributed by atoms with Gasteiger partial charge in [0.1, 0.15) is 16.9 Å². The predicted molar refractivity (Wildman–Crippen MR) is 102 cm³/mol. The Labute approximate surface area is 173 Å². The molecule has 2 N–H and O–H groups in total. The quantitative estimate of drug-likeness (QED) is 0.525. The van der Waals surface area contributed by atoms with Gasteiger partial charge in [-0.25, -0.2) is 9.37 Å². The summed E-state index contributed by atoms with van der Waals surface area (Å²) in [6.07, 6.45) is -4.92. The van der Waals surface area contributed by atoms with Crippen molar-refractivity contribution in [3.05, 3.63) is 53.0 Å². The Hall–Kier alpha value is -3.13. The number of nitrogens with two attached hydrogens (primary N) is 1. The SMILES string of the molecule is Cc1cc(C(F)(F)F)c(C#N)c(SCC(=O)N(CCC(N)=O)c2ccc(F)cc2)n1. The first-order chi connectivity index (χ1) is 14.0. The van der Waals surface area contributed by atoms with Crippen molar-refractivity contribution in [2.24, 2.45) is 5.73 Å². The molecule has 1 heterocycles. The largest absolute Gasteiger partial charge is 0.417 e. The summed E-state index contributed by atoms with van der Waals surface area (Å²) in [5.41, 5.74) is 3.66. The molecule has 0 aliphatic carbocycles. The molecule has 1 aromatic carbocycles. The fourth-order valence-corrected chi connectivity index (χ4v) is 3.45. The summed E-state index contributed by atoms with van der Waals surface area (Å²) in [5, 5.41) is 8.96. The number of carbonyl (C=O) groups excluding carboxylic acids is 2. The van der Waals surface area contributed by atoms with E-state index in [1.165, 1.54) is 30.0 Å². The summed E-state index contributed by atoms with van der Waals surface area (Å²) in [6.45, 7) is 1.25. The van der Waals surface area contributed by atoms with Gasteiger partial charge in [0.15, 0.2) is 0 Å². The summed E-state index contributed by atoms with van der Waals surface area (Å²) in [6, 6.07) is 7.16. The Kier molecular flexibility index (Phi) is 7.39. The third-order valence-corrected chi connectivity index (χ3v) is 4.85. The van der Waals surface area contributed by atoms with E-state index < -0.39 is 34.9 Å². The number of anilines is 1. The van der Waals surface area contributed by atoms with E-state index in [0.717, 1.165) is 18.2 Å². The van der Waals surface area contributed by atoms with Gasteiger partial charge in [0.2, 0.25) is 11.8 Å². The van der Waals surface area contributed by atoms with Crippen molar-refractivity contribution < 1.29 is 27.2 Å². The predicted octanol–water partition coefficient (Wildman–Crippen LogP) is 3.42. The Balaban J connectivity index is 2.28. The lowest BCUT2D eigenvalue weighted by molar-refractivity contribution is -0.138. The highest BCUT2D eigenvalue weighted by atomic mass is 32.2. The zero-order chi connectivity index (χ0) is 22.5. The molecule has 0 saturated heterocycles. The molecular formula is C19H16F4N4O2S. The van der Waals surface area contributed by atoms with E-state index in [9.17, 15) is 32.4 Å². The summed E-state index contributed by atoms with van der Waals surface area (Å²) in [7, 11) is 0. The minimum absolute atomic E-state index is 0.0420. The van der Waals surface area contributed by atoms with Crippen LogP contribution in [0.4, 0.5) is 23.2 Å². The normalized spacial score (nSPS) is 11.1. The Morgan fingerprint density at radius 3 is 2.43 bits per heavy atom. The van der Waals surface area contributed by atoms with Crippen LogP contribution in [-0.2, 0) is 15.8 Å². The van der Waals surface area contributed by atoms with E-state index >= 15 is 0 Å². The molecule has 0 spiro atoms. The Morgan fingerprint density at radius 2 is 1.90 bits per heavy atom. The zero-order valence-corrected chi connectivity index (χ0v) is 16.5. The smallest absolute Gasteiger partial charge is 0.370 e. The number of hydrogen-bond acceptors (Lipinski definition) is 5. The number of amides is 2. The van der Waals surface area contributed by atoms with Gasteiger partial charge < -0.3 is 10.6 Å². The number of benzene rings is 1.